The molecule has 0 aliphatic carbocycles. The zero-order valence-corrected chi connectivity index (χ0v) is 21.7. The lowest BCUT2D eigenvalue weighted by Gasteiger charge is -2.34. The fourth-order valence-corrected chi connectivity index (χ4v) is 3.74. The summed E-state index contributed by atoms with van der Waals surface area (Å²) in [7, 11) is 1.62. The van der Waals surface area contributed by atoms with E-state index in [2.05, 4.69) is 12.2 Å². The number of hydrogen-bond acceptors (Lipinski definition) is 6. The van der Waals surface area contributed by atoms with Crippen molar-refractivity contribution in [3.63, 3.8) is 0 Å². The van der Waals surface area contributed by atoms with Gasteiger partial charge in [0.05, 0.1) is 6.61 Å². The molecule has 1 saturated heterocycles. The number of hydrogen-bond donors (Lipinski definition) is 1. The first kappa shape index (κ1) is 28.5. The van der Waals surface area contributed by atoms with E-state index >= 15 is 0 Å². The van der Waals surface area contributed by atoms with Crippen LogP contribution in [0.4, 0.5) is 9.59 Å². The van der Waals surface area contributed by atoms with Crippen LogP contribution in [-0.4, -0.2) is 85.2 Å². The van der Waals surface area contributed by atoms with E-state index in [0.29, 0.717) is 26.2 Å². The molecule has 1 aliphatic heterocycles. The minimum absolute atomic E-state index is 0.158. The molecule has 0 saturated carbocycles. The number of likely N-dealkylation sites (tertiary alicyclic amines) is 1. The Hall–Kier alpha value is -1.54. The number of nitrogens with one attached hydrogen (secondary N) is 1. The van der Waals surface area contributed by atoms with Crippen LogP contribution in [0.5, 0.6) is 0 Å². The van der Waals surface area contributed by atoms with Crippen molar-refractivity contribution in [2.24, 2.45) is 0 Å². The maximum Gasteiger partial charge on any atom is 0.410 e. The normalized spacial score (nSPS) is 18.6. The lowest BCUT2D eigenvalue weighted by Crippen LogP contribution is -2.47. The third-order valence-electron chi connectivity index (χ3n) is 5.22. The molecule has 188 valence electrons. The summed E-state index contributed by atoms with van der Waals surface area (Å²) in [5, 5.41) is 3.51. The van der Waals surface area contributed by atoms with Crippen LogP contribution in [0.3, 0.4) is 0 Å². The number of rotatable bonds is 9. The number of carbonyl (C=O) groups is 2. The van der Waals surface area contributed by atoms with Gasteiger partial charge in [0.1, 0.15) is 11.2 Å². The summed E-state index contributed by atoms with van der Waals surface area (Å²) in [4.78, 5) is 28.8. The first-order valence-electron chi connectivity index (χ1n) is 12.0. The Balaban J connectivity index is 2.62. The molecule has 0 aromatic heterocycles. The van der Waals surface area contributed by atoms with Gasteiger partial charge in [-0.1, -0.05) is 12.8 Å². The molecule has 1 heterocycles. The number of methoxy groups -OCH3 is 1. The van der Waals surface area contributed by atoms with Crippen LogP contribution in [0.25, 0.3) is 0 Å². The molecule has 0 aromatic rings. The topological polar surface area (TPSA) is 80.3 Å². The highest BCUT2D eigenvalue weighted by Gasteiger charge is 2.30. The highest BCUT2D eigenvalue weighted by atomic mass is 16.6. The average molecular weight is 458 g/mol. The molecule has 2 amide bonds. The molecule has 0 aromatic carbocycles. The van der Waals surface area contributed by atoms with Gasteiger partial charge in [0, 0.05) is 45.4 Å². The molecule has 0 radical (unpaired) electrons. The summed E-state index contributed by atoms with van der Waals surface area (Å²) in [5.41, 5.74) is -1.03. The van der Waals surface area contributed by atoms with Crippen molar-refractivity contribution in [1.82, 2.24) is 15.1 Å². The Morgan fingerprint density at radius 1 is 1.03 bits per heavy atom. The van der Waals surface area contributed by atoms with Crippen LogP contribution in [0.2, 0.25) is 0 Å². The predicted molar refractivity (Wildman–Crippen MR) is 127 cm³/mol. The van der Waals surface area contributed by atoms with Gasteiger partial charge in [-0.3, -0.25) is 0 Å². The van der Waals surface area contributed by atoms with E-state index in [9.17, 15) is 9.59 Å². The highest BCUT2D eigenvalue weighted by Crippen LogP contribution is 2.23. The second-order valence-corrected chi connectivity index (χ2v) is 10.7. The smallest absolute Gasteiger partial charge is 0.410 e. The average Bonchev–Trinajstić information content (AvgIpc) is 2.87. The van der Waals surface area contributed by atoms with Crippen LogP contribution >= 0.6 is 0 Å². The Morgan fingerprint density at radius 2 is 1.69 bits per heavy atom. The third-order valence-corrected chi connectivity index (χ3v) is 5.22. The van der Waals surface area contributed by atoms with Crippen molar-refractivity contribution in [3.05, 3.63) is 0 Å². The Bertz CT molecular complexity index is 571. The molecule has 1 rings (SSSR count). The summed E-state index contributed by atoms with van der Waals surface area (Å²) >= 11 is 0. The van der Waals surface area contributed by atoms with Gasteiger partial charge in [-0.25, -0.2) is 9.59 Å². The first-order valence-corrected chi connectivity index (χ1v) is 12.0. The predicted octanol–water partition coefficient (Wildman–Crippen LogP) is 4.42. The molecular weight excluding hydrogens is 410 g/mol. The van der Waals surface area contributed by atoms with Gasteiger partial charge in [0.15, 0.2) is 0 Å². The monoisotopic (exact) mass is 457 g/mol. The van der Waals surface area contributed by atoms with Gasteiger partial charge in [0.2, 0.25) is 0 Å². The van der Waals surface area contributed by atoms with Crippen LogP contribution < -0.4 is 5.32 Å². The quantitative estimate of drug-likeness (QED) is 0.552. The maximum atomic E-state index is 12.8. The molecule has 8 nitrogen and oxygen atoms in total. The SMILES string of the molecule is COCCN(CCNC(C)CC1CCCCCN1C(=O)OC(C)(C)C)C(=O)OC(C)(C)C. The Labute approximate surface area is 195 Å². The Kier molecular flexibility index (Phi) is 11.8. The molecule has 1 N–H and O–H groups in total. The van der Waals surface area contributed by atoms with E-state index in [0.717, 1.165) is 38.6 Å². The van der Waals surface area contributed by atoms with Gasteiger partial charge in [-0.05, 0) is 67.7 Å². The lowest BCUT2D eigenvalue weighted by molar-refractivity contribution is 0.0142. The van der Waals surface area contributed by atoms with E-state index in [1.54, 1.807) is 12.0 Å². The standard InChI is InChI=1S/C24H47N3O5/c1-19(25-13-15-26(16-17-30-8)21(28)31-23(2,3)4)18-20-12-10-9-11-14-27(20)22(29)32-24(5,6)7/h19-20,25H,9-18H2,1-8H3. The third kappa shape index (κ3) is 11.9. The fourth-order valence-electron chi connectivity index (χ4n) is 3.74. The molecule has 32 heavy (non-hydrogen) atoms. The first-order chi connectivity index (χ1) is 14.8. The van der Waals surface area contributed by atoms with Gasteiger partial charge in [0.25, 0.3) is 0 Å². The molecule has 8 heteroatoms. The van der Waals surface area contributed by atoms with Crippen molar-refractivity contribution in [2.45, 2.75) is 104 Å². The molecule has 2 atom stereocenters. The van der Waals surface area contributed by atoms with Crippen molar-refractivity contribution < 1.29 is 23.8 Å². The van der Waals surface area contributed by atoms with E-state index in [1.165, 1.54) is 0 Å². The van der Waals surface area contributed by atoms with E-state index in [4.69, 9.17) is 14.2 Å². The van der Waals surface area contributed by atoms with E-state index in [1.807, 2.05) is 46.4 Å². The molecule has 0 spiro atoms. The minimum Gasteiger partial charge on any atom is -0.444 e. The minimum atomic E-state index is -0.534. The lowest BCUT2D eigenvalue weighted by atomic mass is 10.0. The van der Waals surface area contributed by atoms with Crippen molar-refractivity contribution in [1.29, 1.82) is 0 Å². The summed E-state index contributed by atoms with van der Waals surface area (Å²) in [6.45, 7) is 16.3. The number of nitrogens with zero attached hydrogens (tertiary/aromatic N) is 2. The zero-order chi connectivity index (χ0) is 24.4. The second-order valence-electron chi connectivity index (χ2n) is 10.7. The molecule has 1 fully saturated rings. The fraction of sp³-hybridized carbons (Fsp3) is 0.917. The van der Waals surface area contributed by atoms with Gasteiger partial charge >= 0.3 is 12.2 Å². The second kappa shape index (κ2) is 13.2. The van der Waals surface area contributed by atoms with Crippen molar-refractivity contribution in [3.8, 4) is 0 Å². The van der Waals surface area contributed by atoms with E-state index < -0.39 is 11.2 Å². The van der Waals surface area contributed by atoms with Gasteiger partial charge in [-0.15, -0.1) is 0 Å². The largest absolute Gasteiger partial charge is 0.444 e. The Morgan fingerprint density at radius 3 is 2.28 bits per heavy atom. The summed E-state index contributed by atoms with van der Waals surface area (Å²) in [6.07, 6.45) is 4.58. The maximum absolute atomic E-state index is 12.8. The van der Waals surface area contributed by atoms with Gasteiger partial charge in [-0.2, -0.15) is 0 Å². The highest BCUT2D eigenvalue weighted by molar-refractivity contribution is 5.68. The van der Waals surface area contributed by atoms with Crippen molar-refractivity contribution >= 4 is 12.2 Å². The molecule has 1 aliphatic rings. The zero-order valence-electron chi connectivity index (χ0n) is 21.7. The molecular formula is C24H47N3O5. The summed E-state index contributed by atoms with van der Waals surface area (Å²) in [6, 6.07) is 0.358. The van der Waals surface area contributed by atoms with Crippen molar-refractivity contribution in [2.75, 3.05) is 39.9 Å². The van der Waals surface area contributed by atoms with Crippen LogP contribution in [0.15, 0.2) is 0 Å². The molecule has 0 bridgehead atoms. The number of carbonyl (C=O) groups excluding carboxylic acids is 2. The van der Waals surface area contributed by atoms with Crippen LogP contribution in [0.1, 0.15) is 80.6 Å². The van der Waals surface area contributed by atoms with Crippen LogP contribution in [-0.2, 0) is 14.2 Å². The van der Waals surface area contributed by atoms with Gasteiger partial charge < -0.3 is 29.3 Å². The van der Waals surface area contributed by atoms with E-state index in [-0.39, 0.29) is 24.3 Å². The number of amides is 2. The summed E-state index contributed by atoms with van der Waals surface area (Å²) < 4.78 is 16.3. The molecule has 2 unspecified atom stereocenters. The summed E-state index contributed by atoms with van der Waals surface area (Å²) in [5.74, 6) is 0. The number of ether oxygens (including phenoxy) is 3. The van der Waals surface area contributed by atoms with Crippen LogP contribution in [0, 0.1) is 0 Å².